The van der Waals surface area contributed by atoms with Gasteiger partial charge in [0.2, 0.25) is 5.91 Å². The van der Waals surface area contributed by atoms with Gasteiger partial charge in [-0.1, -0.05) is 30.1 Å². The number of nitro groups is 1. The standard InChI is InChI=1S/C22H19N3O6S2/c26-19(10-3-14-1-8-17(9-2-14)25(29)30)15-4-6-16(7-5-15)23-20(27)13-33-22(32)24-18-11-12-31-21(18)28/h1-10,18H,11-13H2,(H,23,27)(H,24,32)/b10-3+/t18-/m0/s1. The van der Waals surface area contributed by atoms with Gasteiger partial charge in [0.15, 0.2) is 5.78 Å². The second-order valence-electron chi connectivity index (χ2n) is 6.90. The molecule has 1 saturated heterocycles. The highest BCUT2D eigenvalue weighted by molar-refractivity contribution is 8.23. The minimum absolute atomic E-state index is 0.0221. The Morgan fingerprint density at radius 3 is 2.48 bits per heavy atom. The Morgan fingerprint density at radius 2 is 1.88 bits per heavy atom. The van der Waals surface area contributed by atoms with E-state index >= 15 is 0 Å². The van der Waals surface area contributed by atoms with E-state index in [1.165, 1.54) is 18.2 Å². The fourth-order valence-electron chi connectivity index (χ4n) is 2.83. The zero-order chi connectivity index (χ0) is 23.8. The van der Waals surface area contributed by atoms with Crippen molar-refractivity contribution in [3.63, 3.8) is 0 Å². The van der Waals surface area contributed by atoms with Gasteiger partial charge < -0.3 is 15.4 Å². The van der Waals surface area contributed by atoms with Crippen LogP contribution in [0.25, 0.3) is 6.08 Å². The lowest BCUT2D eigenvalue weighted by molar-refractivity contribution is -0.384. The molecule has 1 aliphatic rings. The molecule has 2 N–H and O–H groups in total. The van der Waals surface area contributed by atoms with Gasteiger partial charge in [0.05, 0.1) is 17.3 Å². The molecule has 2 aromatic carbocycles. The third kappa shape index (κ3) is 7.22. The number of non-ortho nitro benzene ring substituents is 1. The van der Waals surface area contributed by atoms with Crippen LogP contribution in [0.3, 0.4) is 0 Å². The van der Waals surface area contributed by atoms with E-state index in [1.54, 1.807) is 42.5 Å². The molecule has 0 aliphatic carbocycles. The van der Waals surface area contributed by atoms with Crippen LogP contribution in [0.1, 0.15) is 22.3 Å². The van der Waals surface area contributed by atoms with Crippen molar-refractivity contribution >= 4 is 63.4 Å². The lowest BCUT2D eigenvalue weighted by Gasteiger charge is -2.11. The molecule has 1 atom stereocenters. The van der Waals surface area contributed by atoms with E-state index in [-0.39, 0.29) is 29.1 Å². The lowest BCUT2D eigenvalue weighted by atomic mass is 10.1. The second-order valence-corrected chi connectivity index (χ2v) is 8.55. The van der Waals surface area contributed by atoms with Crippen molar-refractivity contribution in [2.45, 2.75) is 12.5 Å². The Morgan fingerprint density at radius 1 is 1.18 bits per heavy atom. The molecule has 170 valence electrons. The summed E-state index contributed by atoms with van der Waals surface area (Å²) in [7, 11) is 0. The summed E-state index contributed by atoms with van der Waals surface area (Å²) >= 11 is 6.25. The van der Waals surface area contributed by atoms with Crippen LogP contribution >= 0.6 is 24.0 Å². The van der Waals surface area contributed by atoms with Crippen molar-refractivity contribution in [1.82, 2.24) is 5.32 Å². The van der Waals surface area contributed by atoms with Crippen LogP contribution in [0.15, 0.2) is 54.6 Å². The first-order valence-electron chi connectivity index (χ1n) is 9.78. The number of nitrogens with one attached hydrogen (secondary N) is 2. The van der Waals surface area contributed by atoms with Crippen molar-refractivity contribution in [1.29, 1.82) is 0 Å². The van der Waals surface area contributed by atoms with Gasteiger partial charge in [-0.25, -0.2) is 4.79 Å². The topological polar surface area (TPSA) is 128 Å². The maximum Gasteiger partial charge on any atom is 0.328 e. The molecule has 0 saturated carbocycles. The number of rotatable bonds is 8. The molecule has 1 fully saturated rings. The fraction of sp³-hybridized carbons (Fsp3) is 0.182. The predicted molar refractivity (Wildman–Crippen MR) is 129 cm³/mol. The van der Waals surface area contributed by atoms with Crippen molar-refractivity contribution in [3.05, 3.63) is 75.8 Å². The number of thiocarbonyl (C=S) groups is 1. The molecule has 2 aromatic rings. The Hall–Kier alpha value is -3.57. The van der Waals surface area contributed by atoms with Gasteiger partial charge in [-0.3, -0.25) is 19.7 Å². The number of thioether (sulfide) groups is 1. The number of hydrogen-bond acceptors (Lipinski definition) is 8. The van der Waals surface area contributed by atoms with E-state index in [4.69, 9.17) is 17.0 Å². The summed E-state index contributed by atoms with van der Waals surface area (Å²) in [5.74, 6) is -0.815. The number of benzene rings is 2. The number of hydrogen-bond donors (Lipinski definition) is 2. The number of amides is 1. The Balaban J connectivity index is 1.46. The maximum atomic E-state index is 12.3. The van der Waals surface area contributed by atoms with Gasteiger partial charge in [0.25, 0.3) is 5.69 Å². The van der Waals surface area contributed by atoms with Gasteiger partial charge >= 0.3 is 5.97 Å². The molecular weight excluding hydrogens is 466 g/mol. The number of carbonyl (C=O) groups excluding carboxylic acids is 3. The number of anilines is 1. The summed E-state index contributed by atoms with van der Waals surface area (Å²) in [5, 5.41) is 16.3. The van der Waals surface area contributed by atoms with Crippen molar-refractivity contribution in [2.75, 3.05) is 17.7 Å². The molecule has 1 heterocycles. The zero-order valence-electron chi connectivity index (χ0n) is 17.2. The summed E-state index contributed by atoms with van der Waals surface area (Å²) < 4.78 is 5.19. The van der Waals surface area contributed by atoms with Crippen LogP contribution < -0.4 is 10.6 Å². The van der Waals surface area contributed by atoms with Gasteiger partial charge in [-0.15, -0.1) is 0 Å². The highest BCUT2D eigenvalue weighted by Gasteiger charge is 2.27. The van der Waals surface area contributed by atoms with Crippen molar-refractivity contribution < 1.29 is 24.0 Å². The highest BCUT2D eigenvalue weighted by Crippen LogP contribution is 2.15. The smallest absolute Gasteiger partial charge is 0.328 e. The van der Waals surface area contributed by atoms with Crippen LogP contribution in [0.4, 0.5) is 11.4 Å². The molecular formula is C22H19N3O6S2. The molecule has 0 unspecified atom stereocenters. The molecule has 0 aromatic heterocycles. The average Bonchev–Trinajstić information content (AvgIpc) is 3.21. The van der Waals surface area contributed by atoms with Crippen LogP contribution in [0, 0.1) is 10.1 Å². The summed E-state index contributed by atoms with van der Waals surface area (Å²) in [6.45, 7) is 0.357. The number of carbonyl (C=O) groups is 3. The molecule has 1 amide bonds. The Labute approximate surface area is 198 Å². The first-order chi connectivity index (χ1) is 15.8. The Bertz CT molecular complexity index is 1100. The molecule has 9 nitrogen and oxygen atoms in total. The minimum Gasteiger partial charge on any atom is -0.464 e. The lowest BCUT2D eigenvalue weighted by Crippen LogP contribution is -2.36. The average molecular weight is 486 g/mol. The first kappa shape index (κ1) is 24.1. The molecule has 0 bridgehead atoms. The molecule has 1 aliphatic heterocycles. The molecule has 0 radical (unpaired) electrons. The number of esters is 1. The van der Waals surface area contributed by atoms with Crippen molar-refractivity contribution in [3.8, 4) is 0 Å². The molecule has 3 rings (SSSR count). The van der Waals surface area contributed by atoms with Crippen LogP contribution in [-0.2, 0) is 14.3 Å². The van der Waals surface area contributed by atoms with E-state index in [2.05, 4.69) is 10.6 Å². The molecule has 0 spiro atoms. The number of nitrogens with zero attached hydrogens (tertiary/aromatic N) is 1. The van der Waals surface area contributed by atoms with Gasteiger partial charge in [-0.05, 0) is 48.0 Å². The quantitative estimate of drug-likeness (QED) is 0.144. The zero-order valence-corrected chi connectivity index (χ0v) is 18.8. The van der Waals surface area contributed by atoms with E-state index in [0.717, 1.165) is 11.8 Å². The number of ketones is 1. The van der Waals surface area contributed by atoms with Crippen LogP contribution in [0.5, 0.6) is 0 Å². The number of ether oxygens (including phenoxy) is 1. The minimum atomic E-state index is -0.489. The SMILES string of the molecule is O=C(CSC(=S)N[C@H]1CCOC1=O)Nc1ccc(C(=O)/C=C/c2ccc([N+](=O)[O-])cc2)cc1. The third-order valence-corrected chi connectivity index (χ3v) is 5.80. The second kappa shape index (κ2) is 11.3. The predicted octanol–water partition coefficient (Wildman–Crippen LogP) is 3.35. The first-order valence-corrected chi connectivity index (χ1v) is 11.2. The fourth-order valence-corrected chi connectivity index (χ4v) is 3.71. The van der Waals surface area contributed by atoms with Gasteiger partial charge in [0, 0.05) is 29.8 Å². The highest BCUT2D eigenvalue weighted by atomic mass is 32.2. The third-order valence-electron chi connectivity index (χ3n) is 4.55. The monoisotopic (exact) mass is 485 g/mol. The van der Waals surface area contributed by atoms with E-state index < -0.39 is 11.0 Å². The number of allylic oxidation sites excluding steroid dienone is 1. The number of nitro benzene ring substituents is 1. The summed E-state index contributed by atoms with van der Waals surface area (Å²) in [5.41, 5.74) is 1.59. The van der Waals surface area contributed by atoms with E-state index in [9.17, 15) is 24.5 Å². The summed E-state index contributed by atoms with van der Waals surface area (Å²) in [6.07, 6.45) is 3.49. The van der Waals surface area contributed by atoms with Crippen molar-refractivity contribution in [2.24, 2.45) is 0 Å². The van der Waals surface area contributed by atoms with Crippen LogP contribution in [0.2, 0.25) is 0 Å². The Kier molecular flexibility index (Phi) is 8.28. The van der Waals surface area contributed by atoms with E-state index in [1.807, 2.05) is 0 Å². The van der Waals surface area contributed by atoms with Gasteiger partial charge in [-0.2, -0.15) is 0 Å². The molecule has 11 heteroatoms. The molecule has 33 heavy (non-hydrogen) atoms. The maximum absolute atomic E-state index is 12.3. The largest absolute Gasteiger partial charge is 0.464 e. The summed E-state index contributed by atoms with van der Waals surface area (Å²) in [6, 6.07) is 11.8. The van der Waals surface area contributed by atoms with E-state index in [0.29, 0.717) is 34.2 Å². The number of cyclic esters (lactones) is 1. The van der Waals surface area contributed by atoms with Gasteiger partial charge in [0.1, 0.15) is 10.4 Å². The van der Waals surface area contributed by atoms with Crippen LogP contribution in [-0.4, -0.2) is 45.3 Å². The normalized spacial score (nSPS) is 15.2. The summed E-state index contributed by atoms with van der Waals surface area (Å²) in [4.78, 5) is 46.1.